The predicted octanol–water partition coefficient (Wildman–Crippen LogP) is 4.98. The molecular weight excluding hydrogens is 473 g/mol. The van der Waals surface area contributed by atoms with Crippen LogP contribution in [0, 0.1) is 0 Å². The van der Waals surface area contributed by atoms with E-state index in [1.807, 2.05) is 0 Å². The molecule has 3 rings (SSSR count). The van der Waals surface area contributed by atoms with E-state index < -0.39 is 17.7 Å². The highest BCUT2D eigenvalue weighted by Gasteiger charge is 2.30. The van der Waals surface area contributed by atoms with Crippen molar-refractivity contribution in [3.8, 4) is 11.4 Å². The lowest BCUT2D eigenvalue weighted by atomic mass is 9.91. The van der Waals surface area contributed by atoms with Gasteiger partial charge < -0.3 is 10.1 Å². The van der Waals surface area contributed by atoms with E-state index in [9.17, 15) is 22.8 Å². The van der Waals surface area contributed by atoms with E-state index in [0.717, 1.165) is 36.2 Å². The average Bonchev–Trinajstić information content (AvgIpc) is 2.88. The van der Waals surface area contributed by atoms with Gasteiger partial charge in [0, 0.05) is 36.4 Å². The lowest BCUT2D eigenvalue weighted by Crippen LogP contribution is -2.26. The largest absolute Gasteiger partial charge is 0.469 e. The minimum atomic E-state index is -4.39. The molecule has 0 fully saturated rings. The van der Waals surface area contributed by atoms with Gasteiger partial charge in [0.1, 0.15) is 0 Å². The van der Waals surface area contributed by atoms with Crippen LogP contribution in [0.1, 0.15) is 59.3 Å². The van der Waals surface area contributed by atoms with Gasteiger partial charge in [0.2, 0.25) is 0 Å². The number of halogens is 3. The van der Waals surface area contributed by atoms with Crippen molar-refractivity contribution in [2.45, 2.75) is 44.7 Å². The van der Waals surface area contributed by atoms with E-state index in [2.05, 4.69) is 31.9 Å². The summed E-state index contributed by atoms with van der Waals surface area (Å²) >= 11 is 0. The monoisotopic (exact) mass is 500 g/mol. The molecule has 0 aliphatic rings. The Morgan fingerprint density at radius 3 is 2.25 bits per heavy atom. The maximum Gasteiger partial charge on any atom is 0.416 e. The van der Waals surface area contributed by atoms with Gasteiger partial charge >= 0.3 is 12.1 Å². The molecule has 1 atom stereocenters. The Kier molecular flexibility index (Phi) is 9.10. The summed E-state index contributed by atoms with van der Waals surface area (Å²) in [4.78, 5) is 36.5. The second-order valence-corrected chi connectivity index (χ2v) is 8.23. The number of nitrogens with zero attached hydrogens (tertiary/aromatic N) is 3. The molecule has 3 aromatic rings. The van der Waals surface area contributed by atoms with Gasteiger partial charge in [0.05, 0.1) is 24.7 Å². The predicted molar refractivity (Wildman–Crippen MR) is 127 cm³/mol. The summed E-state index contributed by atoms with van der Waals surface area (Å²) in [7, 11) is 1.29. The highest BCUT2D eigenvalue weighted by molar-refractivity contribution is 5.94. The Hall–Kier alpha value is -3.82. The summed E-state index contributed by atoms with van der Waals surface area (Å²) in [6.07, 6.45) is 2.99. The molecule has 2 aromatic heterocycles. The van der Waals surface area contributed by atoms with Crippen molar-refractivity contribution in [3.63, 3.8) is 0 Å². The minimum Gasteiger partial charge on any atom is -0.469 e. The van der Waals surface area contributed by atoms with E-state index in [4.69, 9.17) is 0 Å². The number of carbonyl (C=O) groups is 2. The summed E-state index contributed by atoms with van der Waals surface area (Å²) in [5, 5.41) is 2.65. The van der Waals surface area contributed by atoms with Crippen molar-refractivity contribution in [1.82, 2.24) is 20.3 Å². The van der Waals surface area contributed by atoms with Gasteiger partial charge in [-0.1, -0.05) is 25.5 Å². The fourth-order valence-corrected chi connectivity index (χ4v) is 3.66. The topological polar surface area (TPSA) is 94.1 Å². The van der Waals surface area contributed by atoms with Crippen molar-refractivity contribution in [3.05, 3.63) is 77.4 Å². The smallest absolute Gasteiger partial charge is 0.416 e. The number of alkyl halides is 3. The first-order valence-electron chi connectivity index (χ1n) is 11.5. The number of aromatic nitrogens is 3. The Morgan fingerprint density at radius 2 is 1.69 bits per heavy atom. The number of esters is 1. The first kappa shape index (κ1) is 26.8. The number of ether oxygens (including phenoxy) is 1. The van der Waals surface area contributed by atoms with Crippen LogP contribution in [0.3, 0.4) is 0 Å². The van der Waals surface area contributed by atoms with Crippen LogP contribution >= 0.6 is 0 Å². The fraction of sp³-hybridized carbons (Fsp3) is 0.346. The van der Waals surface area contributed by atoms with E-state index >= 15 is 0 Å². The number of hydrogen-bond acceptors (Lipinski definition) is 6. The molecule has 0 spiro atoms. The lowest BCUT2D eigenvalue weighted by Gasteiger charge is -2.16. The van der Waals surface area contributed by atoms with Crippen LogP contribution in [-0.2, 0) is 22.1 Å². The highest BCUT2D eigenvalue weighted by Crippen LogP contribution is 2.31. The summed E-state index contributed by atoms with van der Waals surface area (Å²) in [6, 6.07) is 8.22. The van der Waals surface area contributed by atoms with E-state index in [0.29, 0.717) is 23.4 Å². The molecule has 0 aliphatic carbocycles. The van der Waals surface area contributed by atoms with Crippen molar-refractivity contribution in [2.24, 2.45) is 0 Å². The molecule has 1 amide bonds. The molecule has 10 heteroatoms. The van der Waals surface area contributed by atoms with Gasteiger partial charge in [-0.05, 0) is 48.6 Å². The molecule has 0 saturated heterocycles. The Labute approximate surface area is 207 Å². The maximum absolute atomic E-state index is 12.8. The Morgan fingerprint density at radius 1 is 1.00 bits per heavy atom. The molecule has 1 N–H and O–H groups in total. The zero-order valence-corrected chi connectivity index (χ0v) is 20.0. The molecule has 7 nitrogen and oxygen atoms in total. The molecule has 190 valence electrons. The van der Waals surface area contributed by atoms with Crippen molar-refractivity contribution in [1.29, 1.82) is 0 Å². The lowest BCUT2D eigenvalue weighted by molar-refractivity contribution is -0.140. The maximum atomic E-state index is 12.8. The van der Waals surface area contributed by atoms with Crippen LogP contribution < -0.4 is 5.32 Å². The summed E-state index contributed by atoms with van der Waals surface area (Å²) in [6.45, 7) is 2.24. The summed E-state index contributed by atoms with van der Waals surface area (Å²) < 4.78 is 42.9. The number of nitrogens with one attached hydrogen (secondary N) is 1. The van der Waals surface area contributed by atoms with Crippen molar-refractivity contribution < 1.29 is 27.5 Å². The molecule has 2 heterocycles. The highest BCUT2D eigenvalue weighted by atomic mass is 19.4. The van der Waals surface area contributed by atoms with E-state index in [1.165, 1.54) is 25.4 Å². The number of amides is 1. The second kappa shape index (κ2) is 12.2. The fourth-order valence-electron chi connectivity index (χ4n) is 3.66. The zero-order chi connectivity index (χ0) is 26.1. The Bertz CT molecular complexity index is 1150. The van der Waals surface area contributed by atoms with Gasteiger partial charge in [0.15, 0.2) is 5.82 Å². The number of benzene rings is 1. The molecule has 36 heavy (non-hydrogen) atoms. The van der Waals surface area contributed by atoms with Gasteiger partial charge in [-0.3, -0.25) is 14.6 Å². The van der Waals surface area contributed by atoms with Crippen molar-refractivity contribution in [2.75, 3.05) is 13.7 Å². The van der Waals surface area contributed by atoms with E-state index in [1.54, 1.807) is 24.5 Å². The van der Waals surface area contributed by atoms with Gasteiger partial charge in [-0.25, -0.2) is 9.97 Å². The summed E-state index contributed by atoms with van der Waals surface area (Å²) in [5.41, 5.74) is 1.87. The molecule has 0 radical (unpaired) electrons. The van der Waals surface area contributed by atoms with Crippen molar-refractivity contribution >= 4 is 11.9 Å². The van der Waals surface area contributed by atoms with Gasteiger partial charge in [0.25, 0.3) is 5.91 Å². The third kappa shape index (κ3) is 7.34. The van der Waals surface area contributed by atoms with Crippen LogP contribution in [0.25, 0.3) is 11.4 Å². The third-order valence-corrected chi connectivity index (χ3v) is 5.64. The number of carbonyl (C=O) groups excluding carboxylic acids is 2. The SMILES string of the molecule is CCC[C@@H](Cc1ccc(C(=O)NCCC(=O)OC)cn1)c1cnc(-c2ccc(C(F)(F)F)cc2)nc1. The number of pyridine rings is 1. The molecular formula is C26H27F3N4O3. The Balaban J connectivity index is 1.65. The van der Waals surface area contributed by atoms with Crippen LogP contribution in [0.2, 0.25) is 0 Å². The van der Waals surface area contributed by atoms with Crippen LogP contribution in [0.15, 0.2) is 55.0 Å². The minimum absolute atomic E-state index is 0.0869. The molecule has 0 aliphatic heterocycles. The first-order chi connectivity index (χ1) is 17.2. The standard InChI is InChI=1S/C26H27F3N4O3/c1-3-4-18(13-22-10-7-19(14-31-22)25(35)30-12-11-23(34)36-2)20-15-32-24(33-16-20)17-5-8-21(9-6-17)26(27,28)29/h5-10,14-16,18H,3-4,11-13H2,1-2H3,(H,30,35)/t18-/m0/s1. The number of rotatable bonds is 10. The van der Waals surface area contributed by atoms with Crippen LogP contribution in [0.4, 0.5) is 13.2 Å². The summed E-state index contributed by atoms with van der Waals surface area (Å²) in [5.74, 6) is -0.287. The molecule has 0 unspecified atom stereocenters. The molecule has 1 aromatic carbocycles. The number of methoxy groups -OCH3 is 1. The normalized spacial score (nSPS) is 12.1. The number of hydrogen-bond donors (Lipinski definition) is 1. The zero-order valence-electron chi connectivity index (χ0n) is 20.0. The van der Waals surface area contributed by atoms with Gasteiger partial charge in [-0.2, -0.15) is 13.2 Å². The first-order valence-corrected chi connectivity index (χ1v) is 11.5. The second-order valence-electron chi connectivity index (χ2n) is 8.23. The van der Waals surface area contributed by atoms with E-state index in [-0.39, 0.29) is 24.8 Å². The molecule has 0 bridgehead atoms. The van der Waals surface area contributed by atoms with Gasteiger partial charge in [-0.15, -0.1) is 0 Å². The average molecular weight is 501 g/mol. The third-order valence-electron chi connectivity index (χ3n) is 5.64. The van der Waals surface area contributed by atoms with Crippen LogP contribution in [-0.4, -0.2) is 40.5 Å². The molecule has 0 saturated carbocycles. The quantitative estimate of drug-likeness (QED) is 0.395. The van der Waals surface area contributed by atoms with Crippen LogP contribution in [0.5, 0.6) is 0 Å².